The van der Waals surface area contributed by atoms with Gasteiger partial charge < -0.3 is 4.74 Å². The smallest absolute Gasteiger partial charge is 0.309 e. The van der Waals surface area contributed by atoms with E-state index in [-0.39, 0.29) is 17.8 Å². The van der Waals surface area contributed by atoms with Crippen LogP contribution in [-0.4, -0.2) is 24.2 Å². The molecule has 0 saturated heterocycles. The average Bonchev–Trinajstić information content (AvgIpc) is 2.75. The van der Waals surface area contributed by atoms with Crippen LogP contribution in [0.2, 0.25) is 0 Å². The monoisotopic (exact) mass is 207 g/mol. The van der Waals surface area contributed by atoms with Crippen molar-refractivity contribution in [2.45, 2.75) is 25.3 Å². The van der Waals surface area contributed by atoms with Gasteiger partial charge in [-0.1, -0.05) is 12.2 Å². The lowest BCUT2D eigenvalue weighted by atomic mass is 9.91. The number of fused-ring (bicyclic) bond motifs is 2. The van der Waals surface area contributed by atoms with E-state index in [1.807, 2.05) is 12.2 Å². The highest BCUT2D eigenvalue weighted by atomic mass is 16.5. The molecule has 0 aromatic rings. The highest BCUT2D eigenvalue weighted by molar-refractivity contribution is 5.74. The molecule has 0 aromatic carbocycles. The van der Waals surface area contributed by atoms with Crippen molar-refractivity contribution < 1.29 is 14.3 Å². The molecule has 0 N–H and O–H groups in total. The lowest BCUT2D eigenvalue weighted by Gasteiger charge is -2.19. The fraction of sp³-hybridized carbons (Fsp3) is 0.636. The van der Waals surface area contributed by atoms with Crippen LogP contribution in [0.25, 0.3) is 0 Å². The Balaban J connectivity index is 2.13. The van der Waals surface area contributed by atoms with Crippen molar-refractivity contribution in [2.24, 2.45) is 16.8 Å². The SMILES string of the molecule is CCOC(=O)C1CC2(N=C=O)C=CC1C2. The Morgan fingerprint density at radius 3 is 3.13 bits per heavy atom. The maximum absolute atomic E-state index is 11.6. The first-order valence-corrected chi connectivity index (χ1v) is 5.16. The second kappa shape index (κ2) is 3.63. The number of allylic oxidation sites excluding steroid dienone is 1. The summed E-state index contributed by atoms with van der Waals surface area (Å²) in [6.07, 6.45) is 6.80. The first-order valence-electron chi connectivity index (χ1n) is 5.16. The predicted molar refractivity (Wildman–Crippen MR) is 52.8 cm³/mol. The van der Waals surface area contributed by atoms with Crippen molar-refractivity contribution >= 4 is 12.0 Å². The second-order valence-electron chi connectivity index (χ2n) is 4.10. The van der Waals surface area contributed by atoms with Gasteiger partial charge in [-0.2, -0.15) is 4.99 Å². The lowest BCUT2D eigenvalue weighted by Crippen LogP contribution is -2.25. The summed E-state index contributed by atoms with van der Waals surface area (Å²) in [5, 5.41) is 0. The third kappa shape index (κ3) is 1.61. The zero-order valence-electron chi connectivity index (χ0n) is 8.60. The molecule has 1 fully saturated rings. The summed E-state index contributed by atoms with van der Waals surface area (Å²) in [5.74, 6) is -0.122. The summed E-state index contributed by atoms with van der Waals surface area (Å²) in [4.78, 5) is 25.7. The van der Waals surface area contributed by atoms with Gasteiger partial charge in [0, 0.05) is 0 Å². The molecule has 1 saturated carbocycles. The summed E-state index contributed by atoms with van der Waals surface area (Å²) >= 11 is 0. The van der Waals surface area contributed by atoms with Crippen molar-refractivity contribution in [3.05, 3.63) is 12.2 Å². The van der Waals surface area contributed by atoms with Crippen LogP contribution in [0.1, 0.15) is 19.8 Å². The first kappa shape index (κ1) is 10.1. The maximum Gasteiger partial charge on any atom is 0.309 e. The minimum absolute atomic E-state index is 0.132. The van der Waals surface area contributed by atoms with Crippen LogP contribution in [0.15, 0.2) is 17.1 Å². The van der Waals surface area contributed by atoms with Gasteiger partial charge >= 0.3 is 5.97 Å². The molecule has 15 heavy (non-hydrogen) atoms. The summed E-state index contributed by atoms with van der Waals surface area (Å²) in [6, 6.07) is 0. The molecular formula is C11H13NO3. The minimum Gasteiger partial charge on any atom is -0.466 e. The fourth-order valence-corrected chi connectivity index (χ4v) is 2.53. The van der Waals surface area contributed by atoms with Gasteiger partial charge in [0.2, 0.25) is 6.08 Å². The summed E-state index contributed by atoms with van der Waals surface area (Å²) < 4.78 is 4.99. The summed E-state index contributed by atoms with van der Waals surface area (Å²) in [5.41, 5.74) is -0.468. The zero-order chi connectivity index (χ0) is 10.9. The summed E-state index contributed by atoms with van der Waals surface area (Å²) in [7, 11) is 0. The fourth-order valence-electron chi connectivity index (χ4n) is 2.53. The molecule has 2 bridgehead atoms. The molecule has 3 atom stereocenters. The largest absolute Gasteiger partial charge is 0.466 e. The van der Waals surface area contributed by atoms with Crippen LogP contribution in [-0.2, 0) is 14.3 Å². The molecule has 2 rings (SSSR count). The van der Waals surface area contributed by atoms with E-state index in [0.717, 1.165) is 6.42 Å². The Hall–Kier alpha value is -1.41. The number of ether oxygens (including phenoxy) is 1. The van der Waals surface area contributed by atoms with E-state index >= 15 is 0 Å². The molecule has 2 aliphatic rings. The number of hydrogen-bond donors (Lipinski definition) is 0. The number of esters is 1. The quantitative estimate of drug-likeness (QED) is 0.302. The molecule has 3 unspecified atom stereocenters. The molecule has 0 amide bonds. The van der Waals surface area contributed by atoms with Gasteiger partial charge in [-0.25, -0.2) is 4.79 Å². The predicted octanol–water partition coefficient (Wildman–Crippen LogP) is 1.22. The van der Waals surface area contributed by atoms with Crippen molar-refractivity contribution in [1.82, 2.24) is 0 Å². The molecular weight excluding hydrogens is 194 g/mol. The van der Waals surface area contributed by atoms with E-state index < -0.39 is 5.54 Å². The first-order chi connectivity index (χ1) is 7.21. The zero-order valence-corrected chi connectivity index (χ0v) is 8.60. The number of rotatable bonds is 3. The number of carbonyl (C=O) groups excluding carboxylic acids is 2. The molecule has 80 valence electrons. The van der Waals surface area contributed by atoms with E-state index in [9.17, 15) is 9.59 Å². The van der Waals surface area contributed by atoms with E-state index in [1.54, 1.807) is 13.0 Å². The van der Waals surface area contributed by atoms with Crippen LogP contribution in [0.4, 0.5) is 0 Å². The number of hydrogen-bond acceptors (Lipinski definition) is 4. The molecule has 0 radical (unpaired) electrons. The van der Waals surface area contributed by atoms with Gasteiger partial charge in [-0.05, 0) is 25.7 Å². The number of isocyanates is 1. The molecule has 0 heterocycles. The second-order valence-corrected chi connectivity index (χ2v) is 4.10. The lowest BCUT2D eigenvalue weighted by molar-refractivity contribution is -0.148. The highest BCUT2D eigenvalue weighted by Crippen LogP contribution is 2.49. The van der Waals surface area contributed by atoms with E-state index in [4.69, 9.17) is 4.74 Å². The van der Waals surface area contributed by atoms with Crippen LogP contribution in [0, 0.1) is 11.8 Å². The van der Waals surface area contributed by atoms with Gasteiger partial charge in [0.25, 0.3) is 0 Å². The Morgan fingerprint density at radius 2 is 2.47 bits per heavy atom. The van der Waals surface area contributed by atoms with Crippen molar-refractivity contribution in [3.63, 3.8) is 0 Å². The number of aliphatic imine (C=N–C) groups is 1. The third-order valence-corrected chi connectivity index (χ3v) is 3.19. The average molecular weight is 207 g/mol. The van der Waals surface area contributed by atoms with Gasteiger partial charge in [0.15, 0.2) is 0 Å². The van der Waals surface area contributed by atoms with Crippen LogP contribution >= 0.6 is 0 Å². The molecule has 0 aromatic heterocycles. The normalized spacial score (nSPS) is 36.3. The highest BCUT2D eigenvalue weighted by Gasteiger charge is 2.50. The van der Waals surface area contributed by atoms with Crippen LogP contribution in [0.5, 0.6) is 0 Å². The van der Waals surface area contributed by atoms with E-state index in [1.165, 1.54) is 0 Å². The van der Waals surface area contributed by atoms with Gasteiger partial charge in [-0.15, -0.1) is 0 Å². The van der Waals surface area contributed by atoms with E-state index in [2.05, 4.69) is 4.99 Å². The Kier molecular flexibility index (Phi) is 2.45. The number of nitrogens with zero attached hydrogens (tertiary/aromatic N) is 1. The van der Waals surface area contributed by atoms with Crippen LogP contribution < -0.4 is 0 Å². The number of carbonyl (C=O) groups is 1. The minimum atomic E-state index is -0.468. The molecule has 4 heteroatoms. The van der Waals surface area contributed by atoms with E-state index in [0.29, 0.717) is 13.0 Å². The van der Waals surface area contributed by atoms with Gasteiger partial charge in [-0.3, -0.25) is 4.79 Å². The Labute approximate surface area is 88.0 Å². The van der Waals surface area contributed by atoms with Gasteiger partial charge in [0.1, 0.15) is 0 Å². The maximum atomic E-state index is 11.6. The standard InChI is InChI=1S/C11H13NO3/c1-2-15-10(14)9-6-11(12-7-13)4-3-8(9)5-11/h3-4,8-9H,2,5-6H2,1H3. The van der Waals surface area contributed by atoms with Gasteiger partial charge in [0.05, 0.1) is 18.1 Å². The molecule has 4 nitrogen and oxygen atoms in total. The van der Waals surface area contributed by atoms with Crippen molar-refractivity contribution in [2.75, 3.05) is 6.61 Å². The molecule has 0 aliphatic heterocycles. The van der Waals surface area contributed by atoms with Crippen LogP contribution in [0.3, 0.4) is 0 Å². The topological polar surface area (TPSA) is 55.7 Å². The molecule has 2 aliphatic carbocycles. The molecule has 0 spiro atoms. The van der Waals surface area contributed by atoms with Crippen molar-refractivity contribution in [3.8, 4) is 0 Å². The Morgan fingerprint density at radius 1 is 1.67 bits per heavy atom. The Bertz CT molecular complexity index is 357. The summed E-state index contributed by atoms with van der Waals surface area (Å²) in [6.45, 7) is 2.19. The van der Waals surface area contributed by atoms with Crippen molar-refractivity contribution in [1.29, 1.82) is 0 Å². The third-order valence-electron chi connectivity index (χ3n) is 3.19.